The van der Waals surface area contributed by atoms with Crippen LogP contribution in [0.4, 0.5) is 0 Å². The summed E-state index contributed by atoms with van der Waals surface area (Å²) in [6, 6.07) is 9.72. The number of carbonyl (C=O) groups is 1. The Bertz CT molecular complexity index is 929. The fourth-order valence-electron chi connectivity index (χ4n) is 3.87. The van der Waals surface area contributed by atoms with Crippen LogP contribution in [-0.2, 0) is 25.8 Å². The van der Waals surface area contributed by atoms with Crippen molar-refractivity contribution in [2.24, 2.45) is 0 Å². The molecule has 1 aromatic carbocycles. The van der Waals surface area contributed by atoms with E-state index in [0.29, 0.717) is 17.7 Å². The molecular formula is C25H35NO5S. The second-order valence-electron chi connectivity index (χ2n) is 7.95. The van der Waals surface area contributed by atoms with Gasteiger partial charge in [0.05, 0.1) is 18.6 Å². The molecule has 32 heavy (non-hydrogen) atoms. The van der Waals surface area contributed by atoms with Gasteiger partial charge < -0.3 is 9.47 Å². The van der Waals surface area contributed by atoms with Crippen molar-refractivity contribution in [1.29, 1.82) is 0 Å². The highest BCUT2D eigenvalue weighted by atomic mass is 32.2. The summed E-state index contributed by atoms with van der Waals surface area (Å²) in [5, 5.41) is 0. The number of benzene rings is 1. The molecule has 2 rings (SSSR count). The van der Waals surface area contributed by atoms with Gasteiger partial charge in [-0.15, -0.1) is 0 Å². The first-order valence-corrected chi connectivity index (χ1v) is 12.8. The minimum Gasteiger partial charge on any atom is -0.497 e. The molecule has 0 spiro atoms. The lowest BCUT2D eigenvalue weighted by atomic mass is 9.93. The maximum absolute atomic E-state index is 14.0. The number of hydrogen-bond donors (Lipinski definition) is 0. The van der Waals surface area contributed by atoms with Crippen LogP contribution in [-0.4, -0.2) is 37.8 Å². The van der Waals surface area contributed by atoms with Crippen molar-refractivity contribution in [3.8, 4) is 5.75 Å². The van der Waals surface area contributed by atoms with Crippen LogP contribution in [0.15, 0.2) is 53.7 Å². The van der Waals surface area contributed by atoms with Gasteiger partial charge in [-0.25, -0.2) is 8.42 Å². The number of sulfone groups is 1. The molecule has 6 nitrogen and oxygen atoms in total. The highest BCUT2D eigenvalue weighted by Crippen LogP contribution is 2.36. The van der Waals surface area contributed by atoms with Gasteiger partial charge in [0, 0.05) is 18.8 Å². The Morgan fingerprint density at radius 2 is 1.69 bits per heavy atom. The van der Waals surface area contributed by atoms with Crippen LogP contribution in [0.5, 0.6) is 5.75 Å². The van der Waals surface area contributed by atoms with E-state index in [-0.39, 0.29) is 24.3 Å². The largest absolute Gasteiger partial charge is 0.497 e. The smallest absolute Gasteiger partial charge is 0.328 e. The lowest BCUT2D eigenvalue weighted by molar-refractivity contribution is -0.146. The zero-order valence-electron chi connectivity index (χ0n) is 19.4. The Hall–Kier alpha value is -2.41. The third-order valence-electron chi connectivity index (χ3n) is 5.68. The molecule has 0 aliphatic heterocycles. The van der Waals surface area contributed by atoms with Gasteiger partial charge in [0.2, 0.25) is 0 Å². The molecular weight excluding hydrogens is 426 g/mol. The van der Waals surface area contributed by atoms with Crippen LogP contribution in [0.25, 0.3) is 0 Å². The van der Waals surface area contributed by atoms with E-state index in [1.807, 2.05) is 0 Å². The maximum Gasteiger partial charge on any atom is 0.328 e. The predicted octanol–water partition coefficient (Wildman–Crippen LogP) is 5.16. The lowest BCUT2D eigenvalue weighted by Gasteiger charge is -2.31. The van der Waals surface area contributed by atoms with Crippen LogP contribution in [0.3, 0.4) is 0 Å². The van der Waals surface area contributed by atoms with E-state index in [9.17, 15) is 13.2 Å². The number of methoxy groups -OCH3 is 1. The Labute approximate surface area is 192 Å². The zero-order chi connectivity index (χ0) is 23.5. The summed E-state index contributed by atoms with van der Waals surface area (Å²) in [5.41, 5.74) is 0.684. The average Bonchev–Trinajstić information content (AvgIpc) is 2.81. The molecule has 0 aliphatic carbocycles. The summed E-state index contributed by atoms with van der Waals surface area (Å²) >= 11 is 0. The summed E-state index contributed by atoms with van der Waals surface area (Å²) in [4.78, 5) is 17.5. The molecule has 0 N–H and O–H groups in total. The number of rotatable bonds is 14. The Morgan fingerprint density at radius 3 is 2.28 bits per heavy atom. The normalized spacial score (nSPS) is 13.3. The molecule has 0 saturated heterocycles. The molecule has 0 amide bonds. The molecule has 0 saturated carbocycles. The summed E-state index contributed by atoms with van der Waals surface area (Å²) in [6.07, 6.45) is 9.36. The highest BCUT2D eigenvalue weighted by molar-refractivity contribution is 7.93. The van der Waals surface area contributed by atoms with Crippen LogP contribution < -0.4 is 4.74 Å². The Kier molecular flexibility index (Phi) is 10.2. The van der Waals surface area contributed by atoms with E-state index < -0.39 is 20.6 Å². The lowest BCUT2D eigenvalue weighted by Crippen LogP contribution is -2.49. The Balaban J connectivity index is 2.47. The van der Waals surface area contributed by atoms with E-state index in [1.54, 1.807) is 43.6 Å². The molecule has 7 heteroatoms. The third kappa shape index (κ3) is 6.31. The van der Waals surface area contributed by atoms with Crippen LogP contribution in [0, 0.1) is 0 Å². The first-order chi connectivity index (χ1) is 15.4. The van der Waals surface area contributed by atoms with Crippen molar-refractivity contribution in [3.05, 3.63) is 54.4 Å². The van der Waals surface area contributed by atoms with Gasteiger partial charge in [-0.1, -0.05) is 51.5 Å². The number of hydrogen-bond acceptors (Lipinski definition) is 6. The standard InChI is InChI=1S/C25H35NO5S/c1-4-6-7-8-9-10-17-25(24(27)31-5-2,19-21-12-11-18-26-20-21)32(28,29)23-15-13-22(30-3)14-16-23/h11-16,18,20H,4-10,17,19H2,1-3H3. The molecule has 1 unspecified atom stereocenters. The molecule has 1 aromatic heterocycles. The third-order valence-corrected chi connectivity index (χ3v) is 8.11. The number of pyridine rings is 1. The SMILES string of the molecule is CCCCCCCCC(Cc1cccnc1)(C(=O)OCC)S(=O)(=O)c1ccc(OC)cc1. The Morgan fingerprint density at radius 1 is 1.00 bits per heavy atom. The summed E-state index contributed by atoms with van der Waals surface area (Å²) in [5.74, 6) is -0.151. The first-order valence-electron chi connectivity index (χ1n) is 11.4. The molecule has 0 fully saturated rings. The van der Waals surface area contributed by atoms with E-state index in [1.165, 1.54) is 19.2 Å². The van der Waals surface area contributed by atoms with Crippen molar-refractivity contribution in [3.63, 3.8) is 0 Å². The van der Waals surface area contributed by atoms with Crippen molar-refractivity contribution < 1.29 is 22.7 Å². The fourth-order valence-corrected chi connectivity index (χ4v) is 5.86. The monoisotopic (exact) mass is 461 g/mol. The summed E-state index contributed by atoms with van der Waals surface area (Å²) in [7, 11) is -2.54. The molecule has 2 aromatic rings. The van der Waals surface area contributed by atoms with Gasteiger partial charge in [-0.3, -0.25) is 9.78 Å². The van der Waals surface area contributed by atoms with Gasteiger partial charge in [0.25, 0.3) is 0 Å². The number of carbonyl (C=O) groups excluding carboxylic acids is 1. The highest BCUT2D eigenvalue weighted by Gasteiger charge is 2.52. The molecule has 0 bridgehead atoms. The molecule has 1 heterocycles. The van der Waals surface area contributed by atoms with Crippen LogP contribution >= 0.6 is 0 Å². The van der Waals surface area contributed by atoms with Crippen LogP contribution in [0.1, 0.15) is 64.4 Å². The number of ether oxygens (including phenoxy) is 2. The minimum atomic E-state index is -4.06. The van der Waals surface area contributed by atoms with Crippen molar-refractivity contribution in [2.75, 3.05) is 13.7 Å². The van der Waals surface area contributed by atoms with Crippen LogP contribution in [0.2, 0.25) is 0 Å². The van der Waals surface area contributed by atoms with E-state index in [2.05, 4.69) is 11.9 Å². The zero-order valence-corrected chi connectivity index (χ0v) is 20.2. The van der Waals surface area contributed by atoms with E-state index in [0.717, 1.165) is 32.1 Å². The van der Waals surface area contributed by atoms with Gasteiger partial charge >= 0.3 is 5.97 Å². The van der Waals surface area contributed by atoms with E-state index >= 15 is 0 Å². The molecule has 176 valence electrons. The number of aromatic nitrogens is 1. The maximum atomic E-state index is 14.0. The number of unbranched alkanes of at least 4 members (excludes halogenated alkanes) is 5. The van der Waals surface area contributed by atoms with Gasteiger partial charge in [0.1, 0.15) is 5.75 Å². The number of esters is 1. The van der Waals surface area contributed by atoms with Gasteiger partial charge in [-0.2, -0.15) is 0 Å². The topological polar surface area (TPSA) is 82.6 Å². The second-order valence-corrected chi connectivity index (χ2v) is 10.2. The van der Waals surface area contributed by atoms with Gasteiger partial charge in [0.15, 0.2) is 14.6 Å². The first kappa shape index (κ1) is 25.8. The van der Waals surface area contributed by atoms with Crippen molar-refractivity contribution >= 4 is 15.8 Å². The summed E-state index contributed by atoms with van der Waals surface area (Å²) in [6.45, 7) is 3.96. The molecule has 0 radical (unpaired) electrons. The predicted molar refractivity (Wildman–Crippen MR) is 125 cm³/mol. The minimum absolute atomic E-state index is 0.0169. The quantitative estimate of drug-likeness (QED) is 0.285. The number of nitrogens with zero attached hydrogens (tertiary/aromatic N) is 1. The average molecular weight is 462 g/mol. The molecule has 1 atom stereocenters. The van der Waals surface area contributed by atoms with Crippen molar-refractivity contribution in [2.45, 2.75) is 74.9 Å². The van der Waals surface area contributed by atoms with Gasteiger partial charge in [-0.05, 0) is 49.2 Å². The second kappa shape index (κ2) is 12.6. The van der Waals surface area contributed by atoms with E-state index in [4.69, 9.17) is 9.47 Å². The molecule has 0 aliphatic rings. The summed E-state index contributed by atoms with van der Waals surface area (Å²) < 4.78 is 36.8. The fraction of sp³-hybridized carbons (Fsp3) is 0.520. The van der Waals surface area contributed by atoms with Crippen molar-refractivity contribution in [1.82, 2.24) is 4.98 Å².